The largest absolute Gasteiger partial charge is 0.458 e. The van der Waals surface area contributed by atoms with Crippen molar-refractivity contribution >= 4 is 5.97 Å². The minimum atomic E-state index is -0.0913. The summed E-state index contributed by atoms with van der Waals surface area (Å²) in [6.07, 6.45) is 2.22. The molecule has 3 atom stereocenters. The molecule has 0 radical (unpaired) electrons. The molecule has 2 fully saturated rings. The van der Waals surface area contributed by atoms with Crippen LogP contribution < -0.4 is 0 Å². The number of ether oxygens (including phenoxy) is 1. The van der Waals surface area contributed by atoms with E-state index in [4.69, 9.17) is 4.74 Å². The Morgan fingerprint density at radius 1 is 1.38 bits per heavy atom. The standard InChI is InChI=1S/C14H22O2/c1-8(2)13(15)16-12-7-14(9(3)4)6-11(14)10(12)5/h8-9,11-12H,5-7H2,1-4H3. The molecule has 0 saturated heterocycles. The average molecular weight is 222 g/mol. The molecule has 0 bridgehead atoms. The first kappa shape index (κ1) is 11.7. The van der Waals surface area contributed by atoms with Crippen LogP contribution >= 0.6 is 0 Å². The van der Waals surface area contributed by atoms with Gasteiger partial charge in [-0.2, -0.15) is 0 Å². The number of hydrogen-bond donors (Lipinski definition) is 0. The summed E-state index contributed by atoms with van der Waals surface area (Å²) < 4.78 is 5.52. The first-order valence-electron chi connectivity index (χ1n) is 6.27. The zero-order valence-electron chi connectivity index (χ0n) is 10.7. The van der Waals surface area contributed by atoms with E-state index in [1.54, 1.807) is 0 Å². The molecule has 2 nitrogen and oxygen atoms in total. The van der Waals surface area contributed by atoms with Gasteiger partial charge in [-0.3, -0.25) is 4.79 Å². The summed E-state index contributed by atoms with van der Waals surface area (Å²) >= 11 is 0. The number of rotatable bonds is 3. The molecule has 90 valence electrons. The Kier molecular flexibility index (Phi) is 2.64. The Morgan fingerprint density at radius 3 is 2.44 bits per heavy atom. The van der Waals surface area contributed by atoms with Gasteiger partial charge in [0.2, 0.25) is 0 Å². The summed E-state index contributed by atoms with van der Waals surface area (Å²) in [5.41, 5.74) is 1.56. The SMILES string of the molecule is C=C1C(OC(=O)C(C)C)CC2(C(C)C)CC12. The minimum absolute atomic E-state index is 0.0175. The molecule has 0 amide bonds. The number of hydrogen-bond acceptors (Lipinski definition) is 2. The van der Waals surface area contributed by atoms with Crippen LogP contribution in [0, 0.1) is 23.2 Å². The van der Waals surface area contributed by atoms with Gasteiger partial charge in [0.1, 0.15) is 6.10 Å². The Bertz CT molecular complexity index is 330. The second-order valence-corrected chi connectivity index (χ2v) is 6.00. The Morgan fingerprint density at radius 2 is 2.00 bits per heavy atom. The lowest BCUT2D eigenvalue weighted by molar-refractivity contribution is -0.151. The van der Waals surface area contributed by atoms with Crippen molar-refractivity contribution in [3.8, 4) is 0 Å². The highest BCUT2D eigenvalue weighted by Gasteiger charge is 2.64. The van der Waals surface area contributed by atoms with Gasteiger partial charge in [-0.25, -0.2) is 0 Å². The van der Waals surface area contributed by atoms with Crippen LogP contribution in [0.2, 0.25) is 0 Å². The molecule has 0 N–H and O–H groups in total. The molecule has 2 rings (SSSR count). The number of fused-ring (bicyclic) bond motifs is 1. The number of carbonyl (C=O) groups is 1. The summed E-state index contributed by atoms with van der Waals surface area (Å²) in [6, 6.07) is 0. The van der Waals surface area contributed by atoms with E-state index in [1.807, 2.05) is 13.8 Å². The van der Waals surface area contributed by atoms with Crippen molar-refractivity contribution < 1.29 is 9.53 Å². The van der Waals surface area contributed by atoms with E-state index >= 15 is 0 Å². The highest BCUT2D eigenvalue weighted by Crippen LogP contribution is 2.69. The summed E-state index contributed by atoms with van der Waals surface area (Å²) in [4.78, 5) is 11.6. The maximum atomic E-state index is 11.6. The van der Waals surface area contributed by atoms with Crippen LogP contribution in [0.25, 0.3) is 0 Å². The predicted octanol–water partition coefficient (Wildman–Crippen LogP) is 3.18. The molecule has 0 aromatic carbocycles. The van der Waals surface area contributed by atoms with E-state index in [-0.39, 0.29) is 18.0 Å². The van der Waals surface area contributed by atoms with Crippen LogP contribution in [-0.2, 0) is 9.53 Å². The summed E-state index contributed by atoms with van der Waals surface area (Å²) in [5.74, 6) is 1.14. The Labute approximate surface area is 98.1 Å². The lowest BCUT2D eigenvalue weighted by Crippen LogP contribution is -2.23. The van der Waals surface area contributed by atoms with Gasteiger partial charge in [-0.05, 0) is 35.7 Å². The molecule has 0 aromatic heterocycles. The number of carbonyl (C=O) groups excluding carboxylic acids is 1. The van der Waals surface area contributed by atoms with Crippen LogP contribution in [0.5, 0.6) is 0 Å². The molecular weight excluding hydrogens is 200 g/mol. The second-order valence-electron chi connectivity index (χ2n) is 6.00. The molecule has 16 heavy (non-hydrogen) atoms. The average Bonchev–Trinajstić information content (AvgIpc) is 2.85. The first-order chi connectivity index (χ1) is 7.38. The third kappa shape index (κ3) is 1.59. The highest BCUT2D eigenvalue weighted by molar-refractivity contribution is 5.72. The molecule has 2 heteroatoms. The van der Waals surface area contributed by atoms with Gasteiger partial charge in [0.15, 0.2) is 0 Å². The predicted molar refractivity (Wildman–Crippen MR) is 63.9 cm³/mol. The lowest BCUT2D eigenvalue weighted by Gasteiger charge is -2.21. The van der Waals surface area contributed by atoms with Gasteiger partial charge < -0.3 is 4.74 Å². The van der Waals surface area contributed by atoms with Gasteiger partial charge in [0.05, 0.1) is 5.92 Å². The van der Waals surface area contributed by atoms with Gasteiger partial charge in [0.25, 0.3) is 0 Å². The minimum Gasteiger partial charge on any atom is -0.458 e. The molecule has 0 heterocycles. The van der Waals surface area contributed by atoms with Crippen LogP contribution in [0.15, 0.2) is 12.2 Å². The third-order valence-electron chi connectivity index (χ3n) is 4.42. The van der Waals surface area contributed by atoms with E-state index in [9.17, 15) is 4.79 Å². The zero-order valence-corrected chi connectivity index (χ0v) is 10.7. The molecule has 2 aliphatic carbocycles. The maximum absolute atomic E-state index is 11.6. The Hall–Kier alpha value is -0.790. The van der Waals surface area contributed by atoms with Gasteiger partial charge in [0, 0.05) is 0 Å². The highest BCUT2D eigenvalue weighted by atomic mass is 16.5. The molecule has 2 saturated carbocycles. The molecule has 0 aliphatic heterocycles. The van der Waals surface area contributed by atoms with Crippen molar-refractivity contribution in [1.82, 2.24) is 0 Å². The summed E-state index contributed by atoms with van der Waals surface area (Å²) in [6.45, 7) is 12.4. The Balaban J connectivity index is 2.01. The number of esters is 1. The summed E-state index contributed by atoms with van der Waals surface area (Å²) in [7, 11) is 0. The molecule has 3 unspecified atom stereocenters. The second kappa shape index (κ2) is 3.61. The quantitative estimate of drug-likeness (QED) is 0.541. The van der Waals surface area contributed by atoms with Crippen molar-refractivity contribution in [2.45, 2.75) is 46.6 Å². The first-order valence-corrected chi connectivity index (χ1v) is 6.27. The topological polar surface area (TPSA) is 26.3 Å². The van der Waals surface area contributed by atoms with Gasteiger partial charge in [-0.15, -0.1) is 0 Å². The van der Waals surface area contributed by atoms with E-state index in [1.165, 1.54) is 6.42 Å². The van der Waals surface area contributed by atoms with Gasteiger partial charge in [-0.1, -0.05) is 34.3 Å². The van der Waals surface area contributed by atoms with Crippen LogP contribution in [0.3, 0.4) is 0 Å². The smallest absolute Gasteiger partial charge is 0.308 e. The molecule has 0 spiro atoms. The lowest BCUT2D eigenvalue weighted by atomic mass is 9.89. The van der Waals surface area contributed by atoms with Gasteiger partial charge >= 0.3 is 5.97 Å². The van der Waals surface area contributed by atoms with Crippen LogP contribution in [-0.4, -0.2) is 12.1 Å². The van der Waals surface area contributed by atoms with Crippen molar-refractivity contribution in [2.24, 2.45) is 23.2 Å². The molecular formula is C14H22O2. The van der Waals surface area contributed by atoms with E-state index in [2.05, 4.69) is 20.4 Å². The van der Waals surface area contributed by atoms with E-state index in [0.29, 0.717) is 17.3 Å². The zero-order chi connectivity index (χ0) is 12.1. The van der Waals surface area contributed by atoms with Crippen molar-refractivity contribution in [3.63, 3.8) is 0 Å². The van der Waals surface area contributed by atoms with Crippen molar-refractivity contribution in [1.29, 1.82) is 0 Å². The fourth-order valence-corrected chi connectivity index (χ4v) is 3.02. The fourth-order valence-electron chi connectivity index (χ4n) is 3.02. The van der Waals surface area contributed by atoms with E-state index < -0.39 is 0 Å². The fraction of sp³-hybridized carbons (Fsp3) is 0.786. The van der Waals surface area contributed by atoms with Crippen LogP contribution in [0.1, 0.15) is 40.5 Å². The summed E-state index contributed by atoms with van der Waals surface area (Å²) in [5, 5.41) is 0. The third-order valence-corrected chi connectivity index (χ3v) is 4.42. The normalized spacial score (nSPS) is 36.8. The van der Waals surface area contributed by atoms with Crippen molar-refractivity contribution in [2.75, 3.05) is 0 Å². The van der Waals surface area contributed by atoms with Crippen molar-refractivity contribution in [3.05, 3.63) is 12.2 Å². The maximum Gasteiger partial charge on any atom is 0.308 e. The van der Waals surface area contributed by atoms with E-state index in [0.717, 1.165) is 12.0 Å². The molecule has 2 aliphatic rings. The monoisotopic (exact) mass is 222 g/mol. The molecule has 0 aromatic rings. The van der Waals surface area contributed by atoms with Crippen LogP contribution in [0.4, 0.5) is 0 Å².